The van der Waals surface area contributed by atoms with E-state index in [1.807, 2.05) is 64.9 Å². The zero-order valence-electron chi connectivity index (χ0n) is 69.7. The molecule has 0 unspecified atom stereocenters. The molecule has 8 aromatic heterocycles. The van der Waals surface area contributed by atoms with Crippen LogP contribution in [0.4, 0.5) is 4.39 Å². The number of hydrogen-bond acceptors (Lipinski definition) is 8. The van der Waals surface area contributed by atoms with E-state index in [2.05, 4.69) is 327 Å². The summed E-state index contributed by atoms with van der Waals surface area (Å²) in [6.45, 7) is 75.6. The number of pyridine rings is 8. The van der Waals surface area contributed by atoms with Crippen molar-refractivity contribution in [2.24, 2.45) is 0 Å². The van der Waals surface area contributed by atoms with Crippen LogP contribution >= 0.6 is 0 Å². The molecule has 0 amide bonds. The van der Waals surface area contributed by atoms with Crippen LogP contribution in [0.5, 0.6) is 0 Å². The number of nitrogens with zero attached hydrogens (tertiary/aromatic N) is 8. The van der Waals surface area contributed by atoms with Gasteiger partial charge in [-0.05, 0) is 226 Å². The Labute approximate surface area is 612 Å². The molecular weight excluding hydrogens is 1220 g/mol. The van der Waals surface area contributed by atoms with E-state index in [0.29, 0.717) is 94.5 Å². The average molecular weight is 1370 g/mol. The van der Waals surface area contributed by atoms with Crippen LogP contribution in [0.25, 0.3) is 0 Å². The van der Waals surface area contributed by atoms with Crippen LogP contribution in [0.3, 0.4) is 0 Å². The summed E-state index contributed by atoms with van der Waals surface area (Å²) in [5, 5.41) is 0. The molecule has 0 fully saturated rings. The van der Waals surface area contributed by atoms with Crippen molar-refractivity contribution in [3.05, 3.63) is 235 Å². The topological polar surface area (TPSA) is 103 Å². The van der Waals surface area contributed by atoms with Crippen LogP contribution in [-0.4, -0.2) is 39.9 Å². The van der Waals surface area contributed by atoms with Crippen molar-refractivity contribution in [1.82, 2.24) is 39.9 Å². The van der Waals surface area contributed by atoms with E-state index < -0.39 is 0 Å². The Morgan fingerprint density at radius 2 is 0.550 bits per heavy atom. The van der Waals surface area contributed by atoms with Gasteiger partial charge in [0.1, 0.15) is 5.82 Å². The van der Waals surface area contributed by atoms with Gasteiger partial charge in [-0.3, -0.25) is 39.9 Å². The third kappa shape index (κ3) is 33.3. The molecule has 0 N–H and O–H groups in total. The molecule has 9 heteroatoms. The van der Waals surface area contributed by atoms with Gasteiger partial charge >= 0.3 is 0 Å². The molecule has 0 radical (unpaired) electrons. The number of hydrogen-bond donors (Lipinski definition) is 0. The molecule has 552 valence electrons. The third-order valence-electron chi connectivity index (χ3n) is 17.4. The highest BCUT2D eigenvalue weighted by Crippen LogP contribution is 2.27. The van der Waals surface area contributed by atoms with Crippen molar-refractivity contribution in [3.8, 4) is 0 Å². The minimum absolute atomic E-state index is 0.154. The maximum atomic E-state index is 13.4. The number of rotatable bonds is 16. The van der Waals surface area contributed by atoms with Gasteiger partial charge < -0.3 is 0 Å². The molecule has 8 rings (SSSR count). The highest BCUT2D eigenvalue weighted by atomic mass is 19.1. The number of aromatic nitrogens is 8. The monoisotopic (exact) mass is 1370 g/mol. The van der Waals surface area contributed by atoms with Crippen LogP contribution in [0, 0.1) is 26.6 Å². The van der Waals surface area contributed by atoms with Crippen molar-refractivity contribution >= 4 is 0 Å². The van der Waals surface area contributed by atoms with Gasteiger partial charge in [0.15, 0.2) is 0 Å². The highest BCUT2D eigenvalue weighted by molar-refractivity contribution is 5.31. The zero-order valence-corrected chi connectivity index (χ0v) is 69.7. The first-order valence-corrected chi connectivity index (χ1v) is 37.9. The van der Waals surface area contributed by atoms with Gasteiger partial charge in [-0.2, -0.15) is 0 Å². The Kier molecular flexibility index (Phi) is 41.8. The molecule has 0 aromatic carbocycles. The Morgan fingerprint density at radius 1 is 0.230 bits per heavy atom. The van der Waals surface area contributed by atoms with Gasteiger partial charge in [0.25, 0.3) is 0 Å². The van der Waals surface area contributed by atoms with Gasteiger partial charge in [0.05, 0.1) is 5.69 Å². The molecule has 100 heavy (non-hydrogen) atoms. The lowest BCUT2D eigenvalue weighted by Gasteiger charge is -2.11. The summed E-state index contributed by atoms with van der Waals surface area (Å²) >= 11 is 0. The maximum Gasteiger partial charge on any atom is 0.145 e. The van der Waals surface area contributed by atoms with Crippen LogP contribution in [-0.2, 0) is 0 Å². The second-order valence-corrected chi connectivity index (χ2v) is 32.1. The average Bonchev–Trinajstić information content (AvgIpc) is 0.884. The smallest absolute Gasteiger partial charge is 0.145 e. The summed E-state index contributed by atoms with van der Waals surface area (Å²) in [6, 6.07) is 27.5. The standard InChI is InChI=1S/3C12H19N.C11H16FN.4C11H17N/c1-8(2)11-7-13-12(9(3)4)6-10(11)5;2*1-8(2)11-6-10(5)12(9(3)4)13-7-11;1-7(2)9-5-10(12)11(8(3)4)13-6-9;2*1-8(2)10-5-6-12-11(7-10)9(3)4;1-8(2)10-5-6-11(9(3)4)12-7-10;1-8(2)10-6-5-7-11(12-10)9(3)4/h3*6-9H,1-5H3;5-8H,1-4H3;4*5-9H,1-4H3. The minimum atomic E-state index is -0.179. The SMILES string of the molecule is CC(C)c1ccc(C(C)C)nc1.CC(C)c1cccc(C(C)C)n1.CC(C)c1ccnc(C(C)C)c1.CC(C)c1ccnc(C(C)C)c1.CC(C)c1cnc(C(C)C)c(F)c1.Cc1cc(C(C)C)cnc1C(C)C.Cc1cc(C(C)C)cnc1C(C)C.Cc1cc(C(C)C)ncc1C(C)C. The first kappa shape index (κ1) is 91.1. The highest BCUT2D eigenvalue weighted by Gasteiger charge is 2.14. The van der Waals surface area contributed by atoms with Gasteiger partial charge in [-0.1, -0.05) is 246 Å². The van der Waals surface area contributed by atoms with Crippen LogP contribution in [0.15, 0.2) is 122 Å². The number of aryl methyl sites for hydroxylation is 3. The van der Waals surface area contributed by atoms with Crippen LogP contribution in [0.2, 0.25) is 0 Å². The lowest BCUT2D eigenvalue weighted by atomic mass is 9.98. The van der Waals surface area contributed by atoms with Crippen LogP contribution in [0.1, 0.15) is 423 Å². The zero-order chi connectivity index (χ0) is 76.6. The fraction of sp³-hybridized carbons (Fsp3) is 0.560. The molecule has 0 aliphatic carbocycles. The van der Waals surface area contributed by atoms with Crippen molar-refractivity contribution in [1.29, 1.82) is 0 Å². The van der Waals surface area contributed by atoms with Crippen molar-refractivity contribution in [2.75, 3.05) is 0 Å². The molecule has 0 aliphatic rings. The molecule has 0 aliphatic heterocycles. The van der Waals surface area contributed by atoms with Crippen molar-refractivity contribution in [2.45, 2.75) is 337 Å². The van der Waals surface area contributed by atoms with Gasteiger partial charge in [-0.25, -0.2) is 4.39 Å². The normalized spacial score (nSPS) is 11.2. The quantitative estimate of drug-likeness (QED) is 0.0943. The molecule has 0 saturated heterocycles. The first-order valence-electron chi connectivity index (χ1n) is 37.9. The Bertz CT molecular complexity index is 3070. The summed E-state index contributed by atoms with van der Waals surface area (Å²) in [5.41, 5.74) is 23.3. The van der Waals surface area contributed by atoms with E-state index in [1.54, 1.807) is 12.3 Å². The van der Waals surface area contributed by atoms with E-state index >= 15 is 0 Å². The second-order valence-electron chi connectivity index (χ2n) is 32.1. The van der Waals surface area contributed by atoms with Gasteiger partial charge in [0, 0.05) is 88.9 Å². The molecule has 0 atom stereocenters. The minimum Gasteiger partial charge on any atom is -0.261 e. The van der Waals surface area contributed by atoms with E-state index in [4.69, 9.17) is 0 Å². The second kappa shape index (κ2) is 45.9. The molecular formula is C91H141FN8. The van der Waals surface area contributed by atoms with E-state index in [9.17, 15) is 4.39 Å². The van der Waals surface area contributed by atoms with Crippen LogP contribution < -0.4 is 0 Å². The first-order chi connectivity index (χ1) is 46.5. The largest absolute Gasteiger partial charge is 0.261 e. The summed E-state index contributed by atoms with van der Waals surface area (Å²) in [7, 11) is 0. The fourth-order valence-electron chi connectivity index (χ4n) is 10.3. The molecule has 8 heterocycles. The summed E-state index contributed by atoms with van der Waals surface area (Å²) in [4.78, 5) is 35.2. The number of halogens is 1. The summed E-state index contributed by atoms with van der Waals surface area (Å²) in [6.07, 6.45) is 13.6. The van der Waals surface area contributed by atoms with E-state index in [-0.39, 0.29) is 11.7 Å². The molecule has 8 aromatic rings. The van der Waals surface area contributed by atoms with E-state index in [1.165, 1.54) is 95.6 Å². The molecule has 0 spiro atoms. The lowest BCUT2D eigenvalue weighted by molar-refractivity contribution is 0.579. The fourth-order valence-corrected chi connectivity index (χ4v) is 10.3. The maximum absolute atomic E-state index is 13.4. The predicted molar refractivity (Wildman–Crippen MR) is 433 cm³/mol. The summed E-state index contributed by atoms with van der Waals surface area (Å²) < 4.78 is 13.4. The Hall–Kier alpha value is -6.87. The molecule has 0 saturated carbocycles. The molecule has 0 bridgehead atoms. The van der Waals surface area contributed by atoms with E-state index in [0.717, 1.165) is 5.56 Å². The van der Waals surface area contributed by atoms with Crippen molar-refractivity contribution in [3.63, 3.8) is 0 Å². The van der Waals surface area contributed by atoms with Gasteiger partial charge in [0.2, 0.25) is 0 Å². The Morgan fingerprint density at radius 3 is 0.830 bits per heavy atom. The third-order valence-corrected chi connectivity index (χ3v) is 17.4. The Balaban J connectivity index is 0.000000572. The predicted octanol–water partition coefficient (Wildman–Crippen LogP) is 27.7. The van der Waals surface area contributed by atoms with Gasteiger partial charge in [-0.15, -0.1) is 0 Å². The van der Waals surface area contributed by atoms with Crippen molar-refractivity contribution < 1.29 is 4.39 Å². The summed E-state index contributed by atoms with van der Waals surface area (Å²) in [5.74, 6) is 8.07. The lowest BCUT2D eigenvalue weighted by Crippen LogP contribution is -2.00. The molecule has 8 nitrogen and oxygen atoms in total.